The van der Waals surface area contributed by atoms with Gasteiger partial charge in [0.2, 0.25) is 9.84 Å². The smallest absolute Gasteiger partial charge is 0.207 e. The summed E-state index contributed by atoms with van der Waals surface area (Å²) in [7, 11) is -3.45. The average molecular weight is 673 g/mol. The maximum atomic E-state index is 12.9. The van der Waals surface area contributed by atoms with Crippen molar-refractivity contribution in [3.63, 3.8) is 0 Å². The average Bonchev–Trinajstić information content (AvgIpc) is 3.98. The summed E-state index contributed by atoms with van der Waals surface area (Å²) in [5.74, 6) is 0. The van der Waals surface area contributed by atoms with E-state index in [0.717, 1.165) is 74.9 Å². The molecule has 10 nitrogen and oxygen atoms in total. The molecular weight excluding hydrogens is 641 g/mol. The van der Waals surface area contributed by atoms with Crippen LogP contribution in [0.2, 0.25) is 0 Å². The van der Waals surface area contributed by atoms with Gasteiger partial charge in [-0.05, 0) is 72.8 Å². The van der Waals surface area contributed by atoms with Gasteiger partial charge in [0, 0.05) is 80.2 Å². The molecule has 0 unspecified atom stereocenters. The van der Waals surface area contributed by atoms with Gasteiger partial charge < -0.3 is 19.6 Å². The minimum absolute atomic E-state index is 0.384. The molecule has 5 aromatic rings. The predicted molar refractivity (Wildman–Crippen MR) is 199 cm³/mol. The summed E-state index contributed by atoms with van der Waals surface area (Å²) >= 11 is 1.86. The SMILES string of the molecule is C1=NCCN1c1ccc2sc3ccc(N4C=NCC4)cc3c2c1.O=S1(=O)c2ccc(N3C=NCC3)cc2-c2cc(N3C=NCC3)ccc21. The Hall–Kier alpha value is -5.07. The Kier molecular flexibility index (Phi) is 7.01. The number of aliphatic imine (C=N–C) groups is 4. The number of rotatable bonds is 4. The van der Waals surface area contributed by atoms with E-state index in [1.165, 1.54) is 31.5 Å². The highest BCUT2D eigenvalue weighted by Gasteiger charge is 2.34. The molecule has 0 atom stereocenters. The van der Waals surface area contributed by atoms with Crippen LogP contribution in [0.3, 0.4) is 0 Å². The minimum Gasteiger partial charge on any atom is -0.331 e. The molecule has 0 radical (unpaired) electrons. The van der Waals surface area contributed by atoms with E-state index in [4.69, 9.17) is 0 Å². The number of benzene rings is 4. The Balaban J connectivity index is 0.000000131. The van der Waals surface area contributed by atoms with Gasteiger partial charge in [0.25, 0.3) is 0 Å². The van der Waals surface area contributed by atoms with Crippen LogP contribution < -0.4 is 19.6 Å². The zero-order valence-corrected chi connectivity index (χ0v) is 27.7. The highest BCUT2D eigenvalue weighted by Crippen LogP contribution is 2.46. The Morgan fingerprint density at radius 1 is 0.479 bits per heavy atom. The first-order valence-corrected chi connectivity index (χ1v) is 18.4. The second kappa shape index (κ2) is 11.6. The Labute approximate surface area is 282 Å². The standard InChI is InChI=1S/C18H16N4O2S.C18H16N4S/c23-25(24)17-3-1-13(21-7-5-19-11-21)9-15(17)16-10-14(2-4-18(16)25)22-8-6-20-12-22;1-3-17-15(9-13(1)21-7-5-19-11-21)16-10-14(2-4-18(16)23-17)22-8-6-20-12-22/h1-4,9-12H,5-8H2;1-4,9-12H,5-8H2. The third-order valence-corrected chi connectivity index (χ3v) is 12.3. The van der Waals surface area contributed by atoms with E-state index in [-0.39, 0.29) is 0 Å². The van der Waals surface area contributed by atoms with Gasteiger partial charge in [-0.15, -0.1) is 11.3 Å². The molecule has 48 heavy (non-hydrogen) atoms. The zero-order valence-electron chi connectivity index (χ0n) is 26.1. The molecule has 0 amide bonds. The van der Waals surface area contributed by atoms with Crippen molar-refractivity contribution in [3.05, 3.63) is 72.8 Å². The molecule has 0 N–H and O–H groups in total. The third-order valence-electron chi connectivity index (χ3n) is 9.32. The van der Waals surface area contributed by atoms with Crippen molar-refractivity contribution in [2.45, 2.75) is 9.79 Å². The van der Waals surface area contributed by atoms with E-state index in [0.29, 0.717) is 9.79 Å². The molecule has 10 rings (SSSR count). The van der Waals surface area contributed by atoms with Crippen LogP contribution in [-0.4, -0.2) is 86.1 Å². The van der Waals surface area contributed by atoms with Gasteiger partial charge in [-0.1, -0.05) is 0 Å². The number of sulfone groups is 1. The fourth-order valence-electron chi connectivity index (χ4n) is 6.81. The van der Waals surface area contributed by atoms with Crippen molar-refractivity contribution in [1.29, 1.82) is 0 Å². The number of fused-ring (bicyclic) bond motifs is 6. The Morgan fingerprint density at radius 3 is 1.19 bits per heavy atom. The lowest BCUT2D eigenvalue weighted by atomic mass is 10.0. The highest BCUT2D eigenvalue weighted by atomic mass is 32.2. The van der Waals surface area contributed by atoms with Crippen molar-refractivity contribution in [2.75, 3.05) is 72.0 Å². The van der Waals surface area contributed by atoms with Crippen molar-refractivity contribution < 1.29 is 8.42 Å². The molecule has 12 heteroatoms. The van der Waals surface area contributed by atoms with Gasteiger partial charge in [-0.2, -0.15) is 0 Å². The normalized spacial score (nSPS) is 18.4. The predicted octanol–water partition coefficient (Wildman–Crippen LogP) is 5.95. The van der Waals surface area contributed by atoms with Crippen LogP contribution in [-0.2, 0) is 9.84 Å². The number of thiophene rings is 1. The van der Waals surface area contributed by atoms with Crippen molar-refractivity contribution in [1.82, 2.24) is 0 Å². The zero-order chi connectivity index (χ0) is 32.2. The van der Waals surface area contributed by atoms with E-state index in [1.807, 2.05) is 70.8 Å². The van der Waals surface area contributed by atoms with E-state index < -0.39 is 9.84 Å². The number of hydrogen-bond acceptors (Lipinski definition) is 11. The van der Waals surface area contributed by atoms with Crippen molar-refractivity contribution >= 4 is 89.5 Å². The lowest BCUT2D eigenvalue weighted by molar-refractivity contribution is 0.598. The first-order valence-electron chi connectivity index (χ1n) is 16.1. The van der Waals surface area contributed by atoms with E-state index in [1.54, 1.807) is 12.1 Å². The fourth-order valence-corrected chi connectivity index (χ4v) is 9.53. The van der Waals surface area contributed by atoms with Gasteiger partial charge in [0.1, 0.15) is 0 Å². The van der Waals surface area contributed by atoms with Gasteiger partial charge in [0.05, 0.1) is 61.3 Å². The lowest BCUT2D eigenvalue weighted by Gasteiger charge is -2.16. The van der Waals surface area contributed by atoms with Gasteiger partial charge in [-0.3, -0.25) is 20.0 Å². The summed E-state index contributed by atoms with van der Waals surface area (Å²) in [4.78, 5) is 26.4. The Morgan fingerprint density at radius 2 is 0.833 bits per heavy atom. The molecule has 0 saturated carbocycles. The topological polar surface area (TPSA) is 96.5 Å². The summed E-state index contributed by atoms with van der Waals surface area (Å²) in [6.45, 7) is 6.91. The van der Waals surface area contributed by atoms with E-state index in [9.17, 15) is 8.42 Å². The summed E-state index contributed by atoms with van der Waals surface area (Å²) in [6, 6.07) is 24.5. The number of anilines is 4. The summed E-state index contributed by atoms with van der Waals surface area (Å²) in [5, 5.41) is 2.67. The van der Waals surface area contributed by atoms with Crippen LogP contribution >= 0.6 is 11.3 Å². The van der Waals surface area contributed by atoms with Crippen LogP contribution in [0.15, 0.2) is 103 Å². The van der Waals surface area contributed by atoms with Gasteiger partial charge in [0.15, 0.2) is 0 Å². The maximum absolute atomic E-state index is 12.9. The Bertz CT molecular complexity index is 2170. The molecule has 240 valence electrons. The van der Waals surface area contributed by atoms with E-state index in [2.05, 4.69) is 66.2 Å². The molecule has 5 aliphatic rings. The number of nitrogens with zero attached hydrogens (tertiary/aromatic N) is 8. The minimum atomic E-state index is -3.45. The largest absolute Gasteiger partial charge is 0.331 e. The summed E-state index contributed by atoms with van der Waals surface area (Å²) < 4.78 is 28.4. The number of hydrogen-bond donors (Lipinski definition) is 0. The van der Waals surface area contributed by atoms with E-state index >= 15 is 0 Å². The molecule has 4 aromatic carbocycles. The third kappa shape index (κ3) is 4.94. The van der Waals surface area contributed by atoms with Crippen LogP contribution in [0.1, 0.15) is 0 Å². The van der Waals surface area contributed by atoms with Crippen molar-refractivity contribution in [3.8, 4) is 11.1 Å². The highest BCUT2D eigenvalue weighted by molar-refractivity contribution is 7.92. The molecule has 0 aliphatic carbocycles. The molecule has 6 heterocycles. The second-order valence-electron chi connectivity index (χ2n) is 12.2. The molecule has 5 aliphatic heterocycles. The van der Waals surface area contributed by atoms with Crippen LogP contribution in [0.5, 0.6) is 0 Å². The molecule has 0 bridgehead atoms. The molecule has 0 spiro atoms. The fraction of sp³-hybridized carbons (Fsp3) is 0.222. The summed E-state index contributed by atoms with van der Waals surface area (Å²) in [5.41, 5.74) is 5.93. The maximum Gasteiger partial charge on any atom is 0.207 e. The molecular formula is C36H32N8O2S2. The first kappa shape index (κ1) is 29.1. The van der Waals surface area contributed by atoms with Crippen molar-refractivity contribution in [2.24, 2.45) is 20.0 Å². The van der Waals surface area contributed by atoms with Crippen LogP contribution in [0.4, 0.5) is 22.7 Å². The molecule has 0 saturated heterocycles. The first-order chi connectivity index (χ1) is 23.5. The van der Waals surface area contributed by atoms with Crippen LogP contribution in [0.25, 0.3) is 31.3 Å². The van der Waals surface area contributed by atoms with Crippen LogP contribution in [0, 0.1) is 0 Å². The summed E-state index contributed by atoms with van der Waals surface area (Å²) in [6.07, 6.45) is 7.51. The van der Waals surface area contributed by atoms with Gasteiger partial charge in [-0.25, -0.2) is 8.42 Å². The quantitative estimate of drug-likeness (QED) is 0.230. The molecule has 1 aromatic heterocycles. The lowest BCUT2D eigenvalue weighted by Crippen LogP contribution is -2.18. The monoisotopic (exact) mass is 672 g/mol. The second-order valence-corrected chi connectivity index (χ2v) is 15.2. The van der Waals surface area contributed by atoms with Gasteiger partial charge >= 0.3 is 0 Å². The molecule has 0 fully saturated rings.